The minimum atomic E-state index is 0.358. The van der Waals surface area contributed by atoms with E-state index in [4.69, 9.17) is 0 Å². The third-order valence-electron chi connectivity index (χ3n) is 2.67. The van der Waals surface area contributed by atoms with Crippen LogP contribution in [0.3, 0.4) is 0 Å². The summed E-state index contributed by atoms with van der Waals surface area (Å²) in [6, 6.07) is 0. The Morgan fingerprint density at radius 3 is 2.50 bits per heavy atom. The van der Waals surface area contributed by atoms with Crippen LogP contribution in [0.4, 0.5) is 0 Å². The van der Waals surface area contributed by atoms with E-state index in [9.17, 15) is 4.79 Å². The molecule has 0 aromatic carbocycles. The van der Waals surface area contributed by atoms with E-state index in [-0.39, 0.29) is 0 Å². The fraction of sp³-hybridized carbons (Fsp3) is 0.889. The minimum Gasteiger partial charge on any atom is -0.303 e. The standard InChI is InChI=1S/C9H16O/c1-7-3-4-9(6-10)8(2)5-7/h6-9H,3-5H2,1-2H3/t7-,8-,9+/m1/s1. The van der Waals surface area contributed by atoms with Crippen LogP contribution in [0.1, 0.15) is 33.1 Å². The van der Waals surface area contributed by atoms with E-state index in [1.807, 2.05) is 0 Å². The van der Waals surface area contributed by atoms with Gasteiger partial charge in [-0.1, -0.05) is 20.3 Å². The fourth-order valence-corrected chi connectivity index (χ4v) is 1.89. The number of hydrogen-bond donors (Lipinski definition) is 0. The Morgan fingerprint density at radius 1 is 1.30 bits per heavy atom. The van der Waals surface area contributed by atoms with Gasteiger partial charge in [0.15, 0.2) is 0 Å². The quantitative estimate of drug-likeness (QED) is 0.510. The Labute approximate surface area is 62.8 Å². The van der Waals surface area contributed by atoms with Crippen molar-refractivity contribution < 1.29 is 4.79 Å². The summed E-state index contributed by atoms with van der Waals surface area (Å²) in [7, 11) is 0. The zero-order valence-electron chi connectivity index (χ0n) is 6.84. The molecule has 3 atom stereocenters. The van der Waals surface area contributed by atoms with E-state index in [1.54, 1.807) is 0 Å². The molecule has 0 amide bonds. The minimum absolute atomic E-state index is 0.358. The second-order valence-electron chi connectivity index (χ2n) is 3.70. The maximum atomic E-state index is 10.5. The summed E-state index contributed by atoms with van der Waals surface area (Å²) < 4.78 is 0. The van der Waals surface area contributed by atoms with Gasteiger partial charge in [0, 0.05) is 5.92 Å². The lowest BCUT2D eigenvalue weighted by molar-refractivity contribution is -0.113. The molecule has 1 heteroatoms. The molecule has 0 aromatic heterocycles. The summed E-state index contributed by atoms with van der Waals surface area (Å²) in [6.45, 7) is 4.46. The highest BCUT2D eigenvalue weighted by atomic mass is 16.1. The van der Waals surface area contributed by atoms with Crippen molar-refractivity contribution >= 4 is 6.29 Å². The van der Waals surface area contributed by atoms with Gasteiger partial charge in [0.05, 0.1) is 0 Å². The Hall–Kier alpha value is -0.330. The molecule has 0 N–H and O–H groups in total. The van der Waals surface area contributed by atoms with Gasteiger partial charge in [-0.15, -0.1) is 0 Å². The highest BCUT2D eigenvalue weighted by Gasteiger charge is 2.24. The molecule has 0 saturated heterocycles. The lowest BCUT2D eigenvalue weighted by atomic mass is 9.76. The summed E-state index contributed by atoms with van der Waals surface area (Å²) in [6.07, 6.45) is 4.74. The highest BCUT2D eigenvalue weighted by Crippen LogP contribution is 2.31. The van der Waals surface area contributed by atoms with E-state index >= 15 is 0 Å². The maximum absolute atomic E-state index is 10.5. The lowest BCUT2D eigenvalue weighted by Gasteiger charge is -2.28. The molecule has 0 heterocycles. The maximum Gasteiger partial charge on any atom is 0.123 e. The zero-order valence-corrected chi connectivity index (χ0v) is 6.84. The fourth-order valence-electron chi connectivity index (χ4n) is 1.89. The van der Waals surface area contributed by atoms with Crippen LogP contribution in [-0.4, -0.2) is 6.29 Å². The van der Waals surface area contributed by atoms with Crippen molar-refractivity contribution in [2.75, 3.05) is 0 Å². The highest BCUT2D eigenvalue weighted by molar-refractivity contribution is 5.54. The number of rotatable bonds is 1. The van der Waals surface area contributed by atoms with Crippen molar-refractivity contribution in [3.63, 3.8) is 0 Å². The van der Waals surface area contributed by atoms with Gasteiger partial charge in [0.1, 0.15) is 6.29 Å². The molecule has 1 saturated carbocycles. The van der Waals surface area contributed by atoms with Gasteiger partial charge in [-0.3, -0.25) is 0 Å². The van der Waals surface area contributed by atoms with Gasteiger partial charge < -0.3 is 4.79 Å². The van der Waals surface area contributed by atoms with Crippen LogP contribution in [-0.2, 0) is 4.79 Å². The molecule has 1 aliphatic carbocycles. The zero-order chi connectivity index (χ0) is 7.56. The predicted octanol–water partition coefficient (Wildman–Crippen LogP) is 2.26. The van der Waals surface area contributed by atoms with E-state index in [1.165, 1.54) is 12.8 Å². The second-order valence-corrected chi connectivity index (χ2v) is 3.70. The molecule has 0 radical (unpaired) electrons. The molecule has 1 nitrogen and oxygen atoms in total. The third-order valence-corrected chi connectivity index (χ3v) is 2.67. The van der Waals surface area contributed by atoms with Crippen LogP contribution < -0.4 is 0 Å². The van der Waals surface area contributed by atoms with Crippen LogP contribution >= 0.6 is 0 Å². The number of aldehydes is 1. The van der Waals surface area contributed by atoms with Crippen LogP contribution in [0.25, 0.3) is 0 Å². The first-order chi connectivity index (χ1) is 4.74. The summed E-state index contributed by atoms with van der Waals surface area (Å²) >= 11 is 0. The van der Waals surface area contributed by atoms with Crippen molar-refractivity contribution in [2.24, 2.45) is 17.8 Å². The summed E-state index contributed by atoms with van der Waals surface area (Å²) in [5, 5.41) is 0. The third kappa shape index (κ3) is 1.59. The summed E-state index contributed by atoms with van der Waals surface area (Å²) in [4.78, 5) is 10.5. The average Bonchev–Trinajstić information content (AvgIpc) is 1.88. The molecule has 0 spiro atoms. The number of hydrogen-bond acceptors (Lipinski definition) is 1. The monoisotopic (exact) mass is 140 g/mol. The van der Waals surface area contributed by atoms with Crippen LogP contribution in [0.2, 0.25) is 0 Å². The van der Waals surface area contributed by atoms with Gasteiger partial charge in [-0.05, 0) is 24.7 Å². The van der Waals surface area contributed by atoms with E-state index < -0.39 is 0 Å². The molecule has 10 heavy (non-hydrogen) atoms. The van der Waals surface area contributed by atoms with E-state index in [0.717, 1.165) is 18.6 Å². The van der Waals surface area contributed by atoms with Crippen LogP contribution in [0.15, 0.2) is 0 Å². The Bertz CT molecular complexity index is 120. The summed E-state index contributed by atoms with van der Waals surface area (Å²) in [5.41, 5.74) is 0. The van der Waals surface area contributed by atoms with Crippen molar-refractivity contribution in [2.45, 2.75) is 33.1 Å². The largest absolute Gasteiger partial charge is 0.303 e. The number of carbonyl (C=O) groups is 1. The first-order valence-corrected chi connectivity index (χ1v) is 4.19. The Balaban J connectivity index is 2.43. The van der Waals surface area contributed by atoms with Crippen LogP contribution in [0.5, 0.6) is 0 Å². The molecular formula is C9H16O. The molecule has 0 aromatic rings. The molecule has 0 aliphatic heterocycles. The normalized spacial score (nSPS) is 41.2. The second kappa shape index (κ2) is 3.18. The topological polar surface area (TPSA) is 17.1 Å². The van der Waals surface area contributed by atoms with Crippen molar-refractivity contribution in [1.29, 1.82) is 0 Å². The smallest absolute Gasteiger partial charge is 0.123 e. The van der Waals surface area contributed by atoms with Gasteiger partial charge in [0.25, 0.3) is 0 Å². The molecule has 0 bridgehead atoms. The summed E-state index contributed by atoms with van der Waals surface area (Å²) in [5.74, 6) is 1.82. The van der Waals surface area contributed by atoms with Crippen molar-refractivity contribution in [3.8, 4) is 0 Å². The molecule has 0 unspecified atom stereocenters. The molecular weight excluding hydrogens is 124 g/mol. The van der Waals surface area contributed by atoms with Gasteiger partial charge in [-0.25, -0.2) is 0 Å². The molecule has 1 fully saturated rings. The molecule has 1 rings (SSSR count). The number of carbonyl (C=O) groups excluding carboxylic acids is 1. The molecule has 58 valence electrons. The van der Waals surface area contributed by atoms with Gasteiger partial charge in [0.2, 0.25) is 0 Å². The average molecular weight is 140 g/mol. The van der Waals surface area contributed by atoms with Crippen molar-refractivity contribution in [1.82, 2.24) is 0 Å². The Morgan fingerprint density at radius 2 is 2.00 bits per heavy atom. The first-order valence-electron chi connectivity index (χ1n) is 4.19. The van der Waals surface area contributed by atoms with E-state index in [0.29, 0.717) is 11.8 Å². The van der Waals surface area contributed by atoms with Gasteiger partial charge >= 0.3 is 0 Å². The van der Waals surface area contributed by atoms with Crippen LogP contribution in [0, 0.1) is 17.8 Å². The van der Waals surface area contributed by atoms with Gasteiger partial charge in [-0.2, -0.15) is 0 Å². The lowest BCUT2D eigenvalue weighted by Crippen LogP contribution is -2.22. The predicted molar refractivity (Wildman–Crippen MR) is 41.7 cm³/mol. The molecule has 1 aliphatic rings. The van der Waals surface area contributed by atoms with E-state index in [2.05, 4.69) is 13.8 Å². The Kier molecular flexibility index (Phi) is 2.47. The van der Waals surface area contributed by atoms with Crippen molar-refractivity contribution in [3.05, 3.63) is 0 Å². The first kappa shape index (κ1) is 7.77. The SMILES string of the molecule is C[C@@H]1CC[C@@H](C=O)[C@H](C)C1.